The largest absolute Gasteiger partial charge is 0.473 e. The number of hydrogen-bond donors (Lipinski definition) is 1. The molecule has 0 saturated carbocycles. The van der Waals surface area contributed by atoms with Gasteiger partial charge in [-0.2, -0.15) is 11.8 Å². The number of carbonyl (C=O) groups is 1. The monoisotopic (exact) mass is 342 g/mol. The summed E-state index contributed by atoms with van der Waals surface area (Å²) in [5.74, 6) is 2.60. The molecule has 2 aromatic rings. The van der Waals surface area contributed by atoms with Crippen LogP contribution in [0.1, 0.15) is 28.8 Å². The molecule has 1 saturated heterocycles. The van der Waals surface area contributed by atoms with E-state index in [1.54, 1.807) is 18.3 Å². The molecule has 1 aromatic carbocycles. The Hall–Kier alpha value is -2.01. The Morgan fingerprint density at radius 2 is 2.17 bits per heavy atom. The molecule has 24 heavy (non-hydrogen) atoms. The lowest BCUT2D eigenvalue weighted by atomic mass is 10.1. The smallest absolute Gasteiger partial charge is 0.251 e. The second kappa shape index (κ2) is 8.73. The van der Waals surface area contributed by atoms with Crippen LogP contribution in [0.5, 0.6) is 5.88 Å². The topological polar surface area (TPSA) is 51.2 Å². The van der Waals surface area contributed by atoms with Gasteiger partial charge in [0.05, 0.1) is 0 Å². The van der Waals surface area contributed by atoms with E-state index in [1.807, 2.05) is 30.0 Å². The number of carbonyl (C=O) groups excluding carboxylic acids is 1. The van der Waals surface area contributed by atoms with Crippen LogP contribution in [0, 0.1) is 0 Å². The quantitative estimate of drug-likeness (QED) is 0.784. The summed E-state index contributed by atoms with van der Waals surface area (Å²) in [4.78, 5) is 16.5. The van der Waals surface area contributed by atoms with E-state index in [2.05, 4.69) is 22.4 Å². The van der Waals surface area contributed by atoms with Gasteiger partial charge in [-0.1, -0.05) is 30.3 Å². The molecule has 1 amide bonds. The number of aromatic nitrogens is 1. The van der Waals surface area contributed by atoms with Gasteiger partial charge in [0.1, 0.15) is 6.10 Å². The maximum Gasteiger partial charge on any atom is 0.251 e. The summed E-state index contributed by atoms with van der Waals surface area (Å²) >= 11 is 1.89. The van der Waals surface area contributed by atoms with E-state index in [4.69, 9.17) is 4.74 Å². The van der Waals surface area contributed by atoms with Gasteiger partial charge in [-0.3, -0.25) is 4.79 Å². The Labute approximate surface area is 147 Å². The molecular formula is C19H22N2O2S. The SMILES string of the molecule is O=C(NCCCc1ccccc1)c1ccnc(OC2CCSC2)c1. The van der Waals surface area contributed by atoms with Gasteiger partial charge in [-0.25, -0.2) is 4.98 Å². The summed E-state index contributed by atoms with van der Waals surface area (Å²) in [7, 11) is 0. The van der Waals surface area contributed by atoms with Crippen LogP contribution in [0.3, 0.4) is 0 Å². The highest BCUT2D eigenvalue weighted by Crippen LogP contribution is 2.22. The van der Waals surface area contributed by atoms with Gasteiger partial charge in [0.2, 0.25) is 5.88 Å². The minimum absolute atomic E-state index is 0.0730. The standard InChI is InChI=1S/C19H22N2O2S/c22-19(21-10-4-7-15-5-2-1-3-6-15)16-8-11-20-18(13-16)23-17-9-12-24-14-17/h1-3,5-6,8,11,13,17H,4,7,9-10,12,14H2,(H,21,22). The van der Waals surface area contributed by atoms with Gasteiger partial charge in [0.15, 0.2) is 0 Å². The highest BCUT2D eigenvalue weighted by atomic mass is 32.2. The molecule has 1 aromatic heterocycles. The summed E-state index contributed by atoms with van der Waals surface area (Å²) in [5, 5.41) is 2.96. The second-order valence-electron chi connectivity index (χ2n) is 5.83. The zero-order chi connectivity index (χ0) is 16.6. The number of nitrogens with zero attached hydrogens (tertiary/aromatic N) is 1. The lowest BCUT2D eigenvalue weighted by Crippen LogP contribution is -2.25. The van der Waals surface area contributed by atoms with Crippen LogP contribution in [0.2, 0.25) is 0 Å². The molecule has 1 fully saturated rings. The molecule has 5 heteroatoms. The Morgan fingerprint density at radius 1 is 1.29 bits per heavy atom. The molecule has 3 rings (SSSR count). The fourth-order valence-corrected chi connectivity index (χ4v) is 3.73. The average molecular weight is 342 g/mol. The highest BCUT2D eigenvalue weighted by molar-refractivity contribution is 7.99. The lowest BCUT2D eigenvalue weighted by molar-refractivity contribution is 0.0952. The highest BCUT2D eigenvalue weighted by Gasteiger charge is 2.18. The third-order valence-corrected chi connectivity index (χ3v) is 5.07. The van der Waals surface area contributed by atoms with E-state index in [0.717, 1.165) is 30.8 Å². The Bertz CT molecular complexity index is 657. The molecule has 0 spiro atoms. The molecular weight excluding hydrogens is 320 g/mol. The van der Waals surface area contributed by atoms with Crippen LogP contribution >= 0.6 is 11.8 Å². The number of ether oxygens (including phenoxy) is 1. The van der Waals surface area contributed by atoms with Gasteiger partial charge >= 0.3 is 0 Å². The van der Waals surface area contributed by atoms with Crippen molar-refractivity contribution < 1.29 is 9.53 Å². The number of aryl methyl sites for hydroxylation is 1. The molecule has 0 radical (unpaired) electrons. The van der Waals surface area contributed by atoms with Crippen LogP contribution in [0.4, 0.5) is 0 Å². The Morgan fingerprint density at radius 3 is 2.96 bits per heavy atom. The average Bonchev–Trinajstić information content (AvgIpc) is 3.13. The predicted octanol–water partition coefficient (Wildman–Crippen LogP) is 3.33. The summed E-state index contributed by atoms with van der Waals surface area (Å²) in [6, 6.07) is 13.8. The van der Waals surface area contributed by atoms with Crippen molar-refractivity contribution in [2.45, 2.75) is 25.4 Å². The molecule has 1 aliphatic heterocycles. The Kier molecular flexibility index (Phi) is 6.13. The third kappa shape index (κ3) is 4.99. The van der Waals surface area contributed by atoms with E-state index in [9.17, 15) is 4.79 Å². The first-order chi connectivity index (χ1) is 11.8. The first-order valence-corrected chi connectivity index (χ1v) is 9.49. The maximum atomic E-state index is 12.2. The van der Waals surface area contributed by atoms with Crippen LogP contribution in [0.25, 0.3) is 0 Å². The number of rotatable bonds is 7. The molecule has 1 atom stereocenters. The zero-order valence-electron chi connectivity index (χ0n) is 13.6. The van der Waals surface area contributed by atoms with Gasteiger partial charge in [-0.15, -0.1) is 0 Å². The molecule has 0 aliphatic carbocycles. The molecule has 0 bridgehead atoms. The predicted molar refractivity (Wildman–Crippen MR) is 97.7 cm³/mol. The Balaban J connectivity index is 1.46. The third-order valence-electron chi connectivity index (χ3n) is 3.94. The fraction of sp³-hybridized carbons (Fsp3) is 0.368. The molecule has 1 N–H and O–H groups in total. The number of pyridine rings is 1. The van der Waals surface area contributed by atoms with E-state index in [1.165, 1.54) is 5.56 Å². The van der Waals surface area contributed by atoms with Crippen molar-refractivity contribution >= 4 is 17.7 Å². The van der Waals surface area contributed by atoms with Crippen molar-refractivity contribution in [3.63, 3.8) is 0 Å². The van der Waals surface area contributed by atoms with Crippen molar-refractivity contribution in [2.24, 2.45) is 0 Å². The summed E-state index contributed by atoms with van der Waals surface area (Å²) < 4.78 is 5.84. The molecule has 126 valence electrons. The van der Waals surface area contributed by atoms with Crippen LogP contribution in [-0.4, -0.2) is 35.0 Å². The molecule has 1 aliphatic rings. The summed E-state index contributed by atoms with van der Waals surface area (Å²) in [6.45, 7) is 0.658. The van der Waals surface area contributed by atoms with E-state index < -0.39 is 0 Å². The van der Waals surface area contributed by atoms with Crippen molar-refractivity contribution in [3.05, 3.63) is 59.8 Å². The summed E-state index contributed by atoms with van der Waals surface area (Å²) in [6.07, 6.45) is 4.78. The van der Waals surface area contributed by atoms with Gasteiger partial charge in [-0.05, 0) is 36.6 Å². The van der Waals surface area contributed by atoms with Crippen LogP contribution < -0.4 is 10.1 Å². The number of thioether (sulfide) groups is 1. The zero-order valence-corrected chi connectivity index (χ0v) is 14.4. The first-order valence-electron chi connectivity index (χ1n) is 8.34. The minimum atomic E-state index is -0.0730. The molecule has 1 unspecified atom stereocenters. The van der Waals surface area contributed by atoms with Crippen molar-refractivity contribution in [3.8, 4) is 5.88 Å². The van der Waals surface area contributed by atoms with Gasteiger partial charge in [0.25, 0.3) is 5.91 Å². The minimum Gasteiger partial charge on any atom is -0.473 e. The normalized spacial score (nSPS) is 16.8. The van der Waals surface area contributed by atoms with Crippen LogP contribution in [0.15, 0.2) is 48.7 Å². The first kappa shape index (κ1) is 16.8. The summed E-state index contributed by atoms with van der Waals surface area (Å²) in [5.41, 5.74) is 1.89. The van der Waals surface area contributed by atoms with Gasteiger partial charge in [0, 0.05) is 30.1 Å². The fourth-order valence-electron chi connectivity index (χ4n) is 2.63. The van der Waals surface area contributed by atoms with E-state index in [0.29, 0.717) is 18.0 Å². The number of nitrogens with one attached hydrogen (secondary N) is 1. The van der Waals surface area contributed by atoms with E-state index in [-0.39, 0.29) is 12.0 Å². The van der Waals surface area contributed by atoms with Crippen molar-refractivity contribution in [2.75, 3.05) is 18.1 Å². The molecule has 4 nitrogen and oxygen atoms in total. The van der Waals surface area contributed by atoms with Gasteiger partial charge < -0.3 is 10.1 Å². The number of benzene rings is 1. The van der Waals surface area contributed by atoms with Crippen molar-refractivity contribution in [1.29, 1.82) is 0 Å². The van der Waals surface area contributed by atoms with Crippen molar-refractivity contribution in [1.82, 2.24) is 10.3 Å². The van der Waals surface area contributed by atoms with Crippen LogP contribution in [-0.2, 0) is 6.42 Å². The number of amides is 1. The van der Waals surface area contributed by atoms with E-state index >= 15 is 0 Å². The maximum absolute atomic E-state index is 12.2. The molecule has 2 heterocycles. The second-order valence-corrected chi connectivity index (χ2v) is 6.98. The number of hydrogen-bond acceptors (Lipinski definition) is 4. The lowest BCUT2D eigenvalue weighted by Gasteiger charge is -2.12.